The Morgan fingerprint density at radius 3 is 2.75 bits per heavy atom. The number of carbonyl (C=O) groups is 2. The molecule has 28 heavy (non-hydrogen) atoms. The Bertz CT molecular complexity index is 884. The predicted molar refractivity (Wildman–Crippen MR) is 99.4 cm³/mol. The van der Waals surface area contributed by atoms with E-state index in [-0.39, 0.29) is 37.1 Å². The maximum atomic E-state index is 12.8. The zero-order valence-electron chi connectivity index (χ0n) is 15.0. The van der Waals surface area contributed by atoms with E-state index in [1.54, 1.807) is 17.0 Å². The lowest BCUT2D eigenvalue weighted by atomic mass is 10.1. The van der Waals surface area contributed by atoms with Crippen LogP contribution in [0.4, 0.5) is 18.9 Å². The Labute approximate surface area is 168 Å². The quantitative estimate of drug-likeness (QED) is 0.690. The number of para-hydroxylation sites is 1. The van der Waals surface area contributed by atoms with Gasteiger partial charge in [0.2, 0.25) is 11.8 Å². The lowest BCUT2D eigenvalue weighted by Crippen LogP contribution is -2.35. The highest BCUT2D eigenvalue weighted by Gasteiger charge is 2.37. The number of hydrogen-bond acceptors (Lipinski definition) is 3. The number of halogens is 4. The molecule has 0 bridgehead atoms. The third-order valence-electron chi connectivity index (χ3n) is 4.52. The Balaban J connectivity index is 1.67. The minimum absolute atomic E-state index is 0.0570. The van der Waals surface area contributed by atoms with E-state index in [9.17, 15) is 22.8 Å². The predicted octanol–water partition coefficient (Wildman–Crippen LogP) is 3.22. The smallest absolute Gasteiger partial charge is 0.338 e. The number of anilines is 1. The van der Waals surface area contributed by atoms with E-state index in [1.807, 2.05) is 12.1 Å². The van der Waals surface area contributed by atoms with Crippen LogP contribution in [0.1, 0.15) is 12.2 Å². The molecular formula is C18H18BrF3N4O2. The van der Waals surface area contributed by atoms with Crippen molar-refractivity contribution in [3.63, 3.8) is 0 Å². The number of benzene rings is 1. The third-order valence-corrected chi connectivity index (χ3v) is 5.19. The van der Waals surface area contributed by atoms with E-state index in [0.717, 1.165) is 9.04 Å². The molecule has 1 aliphatic heterocycles. The molecule has 0 N–H and O–H groups in total. The molecule has 0 radical (unpaired) electrons. The highest BCUT2D eigenvalue weighted by Crippen LogP contribution is 2.32. The fraction of sp³-hybridized carbons (Fsp3) is 0.389. The van der Waals surface area contributed by atoms with E-state index in [0.29, 0.717) is 5.69 Å². The zero-order chi connectivity index (χ0) is 20.5. The molecule has 2 heterocycles. The van der Waals surface area contributed by atoms with Gasteiger partial charge in [-0.1, -0.05) is 12.1 Å². The van der Waals surface area contributed by atoms with Crippen LogP contribution in [0.15, 0.2) is 41.1 Å². The van der Waals surface area contributed by atoms with Crippen LogP contribution in [0, 0.1) is 5.92 Å². The van der Waals surface area contributed by atoms with Gasteiger partial charge in [0.05, 0.1) is 18.2 Å². The summed E-state index contributed by atoms with van der Waals surface area (Å²) in [4.78, 5) is 31.9. The van der Waals surface area contributed by atoms with Gasteiger partial charge >= 0.3 is 6.18 Å². The average Bonchev–Trinajstić information content (AvgIpc) is 3.20. The minimum Gasteiger partial charge on any atom is -0.338 e. The molecule has 1 aromatic carbocycles. The van der Waals surface area contributed by atoms with Gasteiger partial charge in [0.1, 0.15) is 12.4 Å². The van der Waals surface area contributed by atoms with Crippen molar-refractivity contribution < 1.29 is 22.8 Å². The van der Waals surface area contributed by atoms with Crippen molar-refractivity contribution in [2.24, 2.45) is 5.92 Å². The summed E-state index contributed by atoms with van der Waals surface area (Å²) in [6.45, 7) is -1.01. The second-order valence-electron chi connectivity index (χ2n) is 6.64. The van der Waals surface area contributed by atoms with Gasteiger partial charge < -0.3 is 14.4 Å². The van der Waals surface area contributed by atoms with Crippen molar-refractivity contribution in [2.75, 3.05) is 18.5 Å². The Kier molecular flexibility index (Phi) is 5.78. The highest BCUT2D eigenvalue weighted by molar-refractivity contribution is 9.10. The minimum atomic E-state index is -4.38. The molecule has 1 atom stereocenters. The summed E-state index contributed by atoms with van der Waals surface area (Å²) in [5, 5.41) is 0. The lowest BCUT2D eigenvalue weighted by molar-refractivity contribution is -0.141. The Morgan fingerprint density at radius 1 is 1.36 bits per heavy atom. The summed E-state index contributed by atoms with van der Waals surface area (Å²) in [6, 6.07) is 7.22. The molecule has 1 saturated heterocycles. The van der Waals surface area contributed by atoms with Gasteiger partial charge in [-0.25, -0.2) is 4.98 Å². The third kappa shape index (κ3) is 4.54. The molecular weight excluding hydrogens is 441 g/mol. The SMILES string of the molecule is CN(Cc1nccn1CC(F)(F)F)C(=O)[C@H]1CC(=O)N(c2ccccc2Br)C1. The summed E-state index contributed by atoms with van der Waals surface area (Å²) >= 11 is 3.40. The maximum Gasteiger partial charge on any atom is 0.406 e. The van der Waals surface area contributed by atoms with Crippen LogP contribution in [-0.2, 0) is 22.7 Å². The molecule has 0 unspecified atom stereocenters. The summed E-state index contributed by atoms with van der Waals surface area (Å²) in [5.74, 6) is -0.891. The molecule has 1 aliphatic rings. The molecule has 0 saturated carbocycles. The first kappa shape index (κ1) is 20.4. The summed E-state index contributed by atoms with van der Waals surface area (Å²) in [5.41, 5.74) is 0.686. The van der Waals surface area contributed by atoms with Gasteiger partial charge in [0, 0.05) is 36.9 Å². The molecule has 1 aromatic heterocycles. The molecule has 0 spiro atoms. The van der Waals surface area contributed by atoms with Crippen molar-refractivity contribution in [3.05, 3.63) is 47.0 Å². The van der Waals surface area contributed by atoms with Gasteiger partial charge in [0.15, 0.2) is 0 Å². The van der Waals surface area contributed by atoms with Gasteiger partial charge in [-0.3, -0.25) is 9.59 Å². The molecule has 1 fully saturated rings. The van der Waals surface area contributed by atoms with E-state index in [2.05, 4.69) is 20.9 Å². The van der Waals surface area contributed by atoms with Crippen LogP contribution in [0.5, 0.6) is 0 Å². The number of imidazole rings is 1. The number of aromatic nitrogens is 2. The molecule has 150 valence electrons. The monoisotopic (exact) mass is 458 g/mol. The van der Waals surface area contributed by atoms with E-state index < -0.39 is 18.6 Å². The molecule has 6 nitrogen and oxygen atoms in total. The fourth-order valence-corrected chi connectivity index (χ4v) is 3.71. The van der Waals surface area contributed by atoms with Gasteiger partial charge in [-0.05, 0) is 28.1 Å². The fourth-order valence-electron chi connectivity index (χ4n) is 3.21. The first-order valence-electron chi connectivity index (χ1n) is 8.52. The second kappa shape index (κ2) is 7.94. The van der Waals surface area contributed by atoms with Crippen molar-refractivity contribution >= 4 is 33.4 Å². The normalized spacial score (nSPS) is 17.2. The van der Waals surface area contributed by atoms with Crippen LogP contribution in [0.3, 0.4) is 0 Å². The number of hydrogen-bond donors (Lipinski definition) is 0. The van der Waals surface area contributed by atoms with Crippen molar-refractivity contribution in [1.29, 1.82) is 0 Å². The molecule has 0 aliphatic carbocycles. The van der Waals surface area contributed by atoms with E-state index >= 15 is 0 Å². The van der Waals surface area contributed by atoms with Gasteiger partial charge in [-0.2, -0.15) is 13.2 Å². The van der Waals surface area contributed by atoms with Crippen molar-refractivity contribution in [2.45, 2.75) is 25.7 Å². The highest BCUT2D eigenvalue weighted by atomic mass is 79.9. The van der Waals surface area contributed by atoms with E-state index in [4.69, 9.17) is 0 Å². The summed E-state index contributed by atoms with van der Waals surface area (Å²) < 4.78 is 39.7. The molecule has 2 amide bonds. The summed E-state index contributed by atoms with van der Waals surface area (Å²) in [7, 11) is 1.50. The first-order chi connectivity index (χ1) is 13.2. The molecule has 10 heteroatoms. The number of amides is 2. The Hall–Kier alpha value is -2.36. The van der Waals surface area contributed by atoms with Gasteiger partial charge in [0.25, 0.3) is 0 Å². The standard InChI is InChI=1S/C18H18BrF3N4O2/c1-24(10-15-23-6-7-25(15)11-18(20,21)22)17(28)12-8-16(27)26(9-12)14-5-3-2-4-13(14)19/h2-7,12H,8-11H2,1H3/t12-/m0/s1. The largest absolute Gasteiger partial charge is 0.406 e. The molecule has 2 aromatic rings. The zero-order valence-corrected chi connectivity index (χ0v) is 16.6. The van der Waals surface area contributed by atoms with Crippen LogP contribution >= 0.6 is 15.9 Å². The van der Waals surface area contributed by atoms with Crippen molar-refractivity contribution in [3.8, 4) is 0 Å². The number of alkyl halides is 3. The number of rotatable bonds is 5. The van der Waals surface area contributed by atoms with Crippen molar-refractivity contribution in [1.82, 2.24) is 14.5 Å². The first-order valence-corrected chi connectivity index (χ1v) is 9.31. The maximum absolute atomic E-state index is 12.8. The second-order valence-corrected chi connectivity index (χ2v) is 7.49. The van der Waals surface area contributed by atoms with Crippen LogP contribution < -0.4 is 4.90 Å². The van der Waals surface area contributed by atoms with Crippen LogP contribution in [0.25, 0.3) is 0 Å². The van der Waals surface area contributed by atoms with Crippen LogP contribution in [0.2, 0.25) is 0 Å². The van der Waals surface area contributed by atoms with E-state index in [1.165, 1.54) is 24.3 Å². The summed E-state index contributed by atoms with van der Waals surface area (Å²) in [6.07, 6.45) is -1.82. The number of carbonyl (C=O) groups excluding carboxylic acids is 2. The number of nitrogens with zero attached hydrogens (tertiary/aromatic N) is 4. The topological polar surface area (TPSA) is 58.4 Å². The Morgan fingerprint density at radius 2 is 2.07 bits per heavy atom. The molecule has 3 rings (SSSR count). The average molecular weight is 459 g/mol. The van der Waals surface area contributed by atoms with Crippen LogP contribution in [-0.4, -0.2) is 46.0 Å². The van der Waals surface area contributed by atoms with Gasteiger partial charge in [-0.15, -0.1) is 0 Å². The lowest BCUT2D eigenvalue weighted by Gasteiger charge is -2.22.